The fourth-order valence-electron chi connectivity index (χ4n) is 10.4. The van der Waals surface area contributed by atoms with E-state index in [-0.39, 0.29) is 21.7 Å². The van der Waals surface area contributed by atoms with Crippen LogP contribution in [0.3, 0.4) is 0 Å². The maximum absolute atomic E-state index is 9.23. The SMILES string of the molecule is [2H]C([2H])([2H])c1cc(-c2cc(C(C)(C)C)cc(C(C)(C)C)c2)ccc1-n1c2[n+]3c4c(cccc41)-c1cc(C(C)(C)C)cc4c1C3(Oc1ccccc1-2)[n+]1ccc(-c2ccc(C(C)(C)C)cc2)cc1-4. The second kappa shape index (κ2) is 13.2. The molecule has 11 rings (SSSR count). The Balaban J connectivity index is 1.22. The molecule has 4 heteroatoms. The van der Waals surface area contributed by atoms with Crippen molar-refractivity contribution in [3.63, 3.8) is 0 Å². The number of hydrogen-bond donors (Lipinski definition) is 0. The lowest BCUT2D eigenvalue weighted by atomic mass is 9.79. The molecular weight excluding hydrogens is 779 g/mol. The van der Waals surface area contributed by atoms with Gasteiger partial charge in [-0.1, -0.05) is 150 Å². The summed E-state index contributed by atoms with van der Waals surface area (Å²) in [6.07, 6.45) is 2.20. The van der Waals surface area contributed by atoms with Crippen LogP contribution in [0.4, 0.5) is 0 Å². The molecule has 0 saturated carbocycles. The number of hydrogen-bond acceptors (Lipinski definition) is 1. The summed E-state index contributed by atoms with van der Waals surface area (Å²) in [6, 6.07) is 45.9. The molecule has 0 aliphatic carbocycles. The third kappa shape index (κ3) is 5.80. The Labute approximate surface area is 384 Å². The highest BCUT2D eigenvalue weighted by atomic mass is 16.5. The van der Waals surface area contributed by atoms with Gasteiger partial charge < -0.3 is 4.74 Å². The number of nitrogens with zero attached hydrogens (tertiary/aromatic N) is 3. The number of rotatable bonds is 3. The van der Waals surface area contributed by atoms with Gasteiger partial charge in [0.05, 0.1) is 5.56 Å². The fraction of sp³-hybridized carbons (Fsp3) is 0.300. The van der Waals surface area contributed by atoms with E-state index in [0.29, 0.717) is 11.3 Å². The minimum atomic E-state index is -2.44. The van der Waals surface area contributed by atoms with Crippen LogP contribution in [0.1, 0.15) is 121 Å². The van der Waals surface area contributed by atoms with Crippen LogP contribution in [-0.4, -0.2) is 4.57 Å². The molecular formula is C60H61N3O+2. The molecule has 0 fully saturated rings. The summed E-state index contributed by atoms with van der Waals surface area (Å²) in [5, 5.41) is 0. The predicted octanol–water partition coefficient (Wildman–Crippen LogP) is 14.3. The molecule has 320 valence electrons. The summed E-state index contributed by atoms with van der Waals surface area (Å²) in [5.41, 5.74) is 18.0. The summed E-state index contributed by atoms with van der Waals surface area (Å²) >= 11 is 0. The highest BCUT2D eigenvalue weighted by Gasteiger charge is 2.68. The minimum Gasteiger partial charge on any atom is -0.392 e. The summed E-state index contributed by atoms with van der Waals surface area (Å²) < 4.78 is 42.2. The first-order chi connectivity index (χ1) is 31.4. The molecule has 64 heavy (non-hydrogen) atoms. The molecule has 0 radical (unpaired) electrons. The van der Waals surface area contributed by atoms with Gasteiger partial charge in [-0.05, 0) is 127 Å². The summed E-state index contributed by atoms with van der Waals surface area (Å²) in [6.45, 7) is 24.6. The average molecular weight is 843 g/mol. The highest BCUT2D eigenvalue weighted by molar-refractivity contribution is 5.98. The van der Waals surface area contributed by atoms with E-state index >= 15 is 0 Å². The largest absolute Gasteiger partial charge is 0.499 e. The van der Waals surface area contributed by atoms with Crippen molar-refractivity contribution in [3.05, 3.63) is 167 Å². The summed E-state index contributed by atoms with van der Waals surface area (Å²) in [7, 11) is 0. The van der Waals surface area contributed by atoms with Crippen molar-refractivity contribution in [1.29, 1.82) is 0 Å². The van der Waals surface area contributed by atoms with Crippen LogP contribution in [0.2, 0.25) is 0 Å². The fourth-order valence-corrected chi connectivity index (χ4v) is 10.4. The molecule has 0 N–H and O–H groups in total. The van der Waals surface area contributed by atoms with E-state index in [0.717, 1.165) is 78.4 Å². The van der Waals surface area contributed by atoms with Gasteiger partial charge in [0.25, 0.3) is 0 Å². The molecule has 1 spiro atoms. The Morgan fingerprint density at radius 3 is 1.80 bits per heavy atom. The topological polar surface area (TPSA) is 21.9 Å². The molecule has 2 aromatic heterocycles. The van der Waals surface area contributed by atoms with Crippen molar-refractivity contribution in [1.82, 2.24) is 4.57 Å². The van der Waals surface area contributed by atoms with Crippen LogP contribution in [0.15, 0.2) is 134 Å². The number of para-hydroxylation sites is 2. The molecule has 0 amide bonds. The number of aromatic nitrogens is 3. The first kappa shape index (κ1) is 37.1. The van der Waals surface area contributed by atoms with Crippen LogP contribution in [0.25, 0.3) is 72.7 Å². The highest BCUT2D eigenvalue weighted by Crippen LogP contribution is 2.54. The van der Waals surface area contributed by atoms with Gasteiger partial charge in [0.2, 0.25) is 5.69 Å². The first-order valence-corrected chi connectivity index (χ1v) is 22.9. The lowest BCUT2D eigenvalue weighted by Gasteiger charge is -2.32. The maximum Gasteiger partial charge on any atom is 0.499 e. The van der Waals surface area contributed by atoms with Gasteiger partial charge in [0.1, 0.15) is 22.6 Å². The number of pyridine rings is 1. The molecule has 1 atom stereocenters. The van der Waals surface area contributed by atoms with E-state index in [1.54, 1.807) is 0 Å². The summed E-state index contributed by atoms with van der Waals surface area (Å²) in [5.74, 6) is 0.435. The van der Waals surface area contributed by atoms with E-state index < -0.39 is 12.7 Å². The standard InChI is InChI=1S/C60H61N3O/c1-36-29-38(40-30-42(57(5,6)7)33-43(31-40)58(8,9)10)23-26-49(36)62-50-19-16-18-45-47-34-44(59(11,12)13)35-48-51-32-39(37-21-24-41(25-22-37)56(2,3)4)27-28-61(51)60(53(47)48)63(54(45)50)55(62)46-17-14-15-20-52(46)64-60/h14-35H,1-13H3/q+2/i1D3. The molecule has 4 nitrogen and oxygen atoms in total. The molecule has 5 heterocycles. The number of fused-ring (bicyclic) bond motifs is 5. The first-order valence-electron chi connectivity index (χ1n) is 24.4. The van der Waals surface area contributed by atoms with Crippen LogP contribution in [0.5, 0.6) is 5.75 Å². The molecule has 3 aliphatic heterocycles. The zero-order valence-electron chi connectivity index (χ0n) is 42.5. The average Bonchev–Trinajstić information content (AvgIpc) is 3.76. The number of ether oxygens (including phenoxy) is 1. The van der Waals surface area contributed by atoms with Gasteiger partial charge in [0.15, 0.2) is 17.2 Å². The number of benzene rings is 6. The van der Waals surface area contributed by atoms with E-state index in [1.165, 1.54) is 22.3 Å². The van der Waals surface area contributed by atoms with Gasteiger partial charge in [-0.3, -0.25) is 0 Å². The molecule has 6 aromatic carbocycles. The van der Waals surface area contributed by atoms with Gasteiger partial charge in [-0.15, -0.1) is 9.13 Å². The van der Waals surface area contributed by atoms with E-state index in [4.69, 9.17) is 4.74 Å². The Morgan fingerprint density at radius 2 is 1.12 bits per heavy atom. The van der Waals surface area contributed by atoms with Crippen LogP contribution in [-0.2, 0) is 27.5 Å². The lowest BCUT2D eigenvalue weighted by molar-refractivity contribution is -0.997. The molecule has 8 aromatic rings. The Morgan fingerprint density at radius 1 is 0.516 bits per heavy atom. The third-order valence-electron chi connectivity index (χ3n) is 14.1. The number of aryl methyl sites for hydroxylation is 1. The van der Waals surface area contributed by atoms with Crippen LogP contribution < -0.4 is 13.9 Å². The van der Waals surface area contributed by atoms with Crippen molar-refractivity contribution in [2.75, 3.05) is 0 Å². The van der Waals surface area contributed by atoms with Gasteiger partial charge in [0, 0.05) is 27.4 Å². The monoisotopic (exact) mass is 842 g/mol. The Hall–Kier alpha value is -6.26. The van der Waals surface area contributed by atoms with Gasteiger partial charge >= 0.3 is 11.7 Å². The second-order valence-electron chi connectivity index (χ2n) is 22.6. The van der Waals surface area contributed by atoms with Gasteiger partial charge in [-0.2, -0.15) is 4.57 Å². The second-order valence-corrected chi connectivity index (χ2v) is 22.6. The molecule has 3 aliphatic rings. The van der Waals surface area contributed by atoms with E-state index in [9.17, 15) is 4.11 Å². The zero-order chi connectivity index (χ0) is 47.5. The lowest BCUT2D eigenvalue weighted by Crippen LogP contribution is -2.78. The van der Waals surface area contributed by atoms with Crippen molar-refractivity contribution in [3.8, 4) is 67.5 Å². The third-order valence-corrected chi connectivity index (χ3v) is 14.1. The maximum atomic E-state index is 9.23. The van der Waals surface area contributed by atoms with Crippen molar-refractivity contribution in [2.24, 2.45) is 0 Å². The zero-order valence-corrected chi connectivity index (χ0v) is 39.5. The minimum absolute atomic E-state index is 0.0490. The van der Waals surface area contributed by atoms with E-state index in [1.807, 2.05) is 24.3 Å². The Kier molecular flexibility index (Phi) is 7.64. The molecule has 0 bridgehead atoms. The Bertz CT molecular complexity index is 3370. The van der Waals surface area contributed by atoms with Crippen molar-refractivity contribution >= 4 is 11.0 Å². The normalized spacial score (nSPS) is 17.0. The quantitative estimate of drug-likeness (QED) is 0.162. The molecule has 1 unspecified atom stereocenters. The molecule has 0 saturated heterocycles. The summed E-state index contributed by atoms with van der Waals surface area (Å²) in [4.78, 5) is 0. The van der Waals surface area contributed by atoms with Gasteiger partial charge in [-0.25, -0.2) is 0 Å². The van der Waals surface area contributed by atoms with Crippen molar-refractivity contribution < 1.29 is 18.0 Å². The van der Waals surface area contributed by atoms with Crippen LogP contribution in [0, 0.1) is 6.85 Å². The number of imidazole rings is 1. The smallest absolute Gasteiger partial charge is 0.392 e. The van der Waals surface area contributed by atoms with Crippen LogP contribution >= 0.6 is 0 Å². The predicted molar refractivity (Wildman–Crippen MR) is 263 cm³/mol. The van der Waals surface area contributed by atoms with Crippen molar-refractivity contribution in [2.45, 2.75) is 117 Å². The van der Waals surface area contributed by atoms with E-state index in [2.05, 4.69) is 206 Å².